The highest BCUT2D eigenvalue weighted by molar-refractivity contribution is 5.55. The average Bonchev–Trinajstić information content (AvgIpc) is 3.03. The van der Waals surface area contributed by atoms with Crippen LogP contribution in [0.4, 0.5) is 0 Å². The first-order chi connectivity index (χ1) is 7.55. The van der Waals surface area contributed by atoms with Crippen molar-refractivity contribution in [3.63, 3.8) is 0 Å². The minimum atomic E-state index is -0.0200. The van der Waals surface area contributed by atoms with Gasteiger partial charge in [0.2, 0.25) is 0 Å². The number of aryl methyl sites for hydroxylation is 2. The van der Waals surface area contributed by atoms with Crippen molar-refractivity contribution in [2.75, 3.05) is 13.7 Å². The quantitative estimate of drug-likeness (QED) is 0.848. The van der Waals surface area contributed by atoms with Crippen molar-refractivity contribution in [1.82, 2.24) is 0 Å². The van der Waals surface area contributed by atoms with Gasteiger partial charge in [0.15, 0.2) is 0 Å². The van der Waals surface area contributed by atoms with Crippen molar-refractivity contribution in [2.45, 2.75) is 39.0 Å². The van der Waals surface area contributed by atoms with E-state index >= 15 is 0 Å². The Balaban J connectivity index is 2.64. The molecule has 2 rings (SSSR count). The Bertz CT molecular complexity index is 417. The first-order valence-corrected chi connectivity index (χ1v) is 5.82. The van der Waals surface area contributed by atoms with E-state index in [2.05, 4.69) is 26.8 Å². The van der Waals surface area contributed by atoms with Crippen LogP contribution in [0.3, 0.4) is 0 Å². The van der Waals surface area contributed by atoms with Gasteiger partial charge in [-0.3, -0.25) is 0 Å². The number of ether oxygens (including phenoxy) is 1. The molecule has 1 aromatic carbocycles. The molecule has 0 spiro atoms. The molecule has 88 valence electrons. The zero-order chi connectivity index (χ0) is 11.9. The zero-order valence-electron chi connectivity index (χ0n) is 10.6. The van der Waals surface area contributed by atoms with Crippen LogP contribution in [0, 0.1) is 20.8 Å². The molecule has 0 saturated heterocycles. The van der Waals surface area contributed by atoms with Crippen LogP contribution >= 0.6 is 0 Å². The fraction of sp³-hybridized carbons (Fsp3) is 0.571. The van der Waals surface area contributed by atoms with Gasteiger partial charge in [0.05, 0.1) is 13.7 Å². The van der Waals surface area contributed by atoms with E-state index in [1.54, 1.807) is 7.11 Å². The third-order valence-electron chi connectivity index (χ3n) is 3.88. The molecule has 1 fully saturated rings. The van der Waals surface area contributed by atoms with Crippen molar-refractivity contribution in [1.29, 1.82) is 0 Å². The third-order valence-corrected chi connectivity index (χ3v) is 3.88. The molecule has 1 aliphatic carbocycles. The maximum absolute atomic E-state index is 9.56. The molecule has 1 saturated carbocycles. The summed E-state index contributed by atoms with van der Waals surface area (Å²) in [5, 5.41) is 9.56. The number of methoxy groups -OCH3 is 1. The van der Waals surface area contributed by atoms with Crippen LogP contribution in [0.1, 0.15) is 35.1 Å². The fourth-order valence-electron chi connectivity index (χ4n) is 2.60. The second-order valence-electron chi connectivity index (χ2n) is 4.98. The number of aliphatic hydroxyl groups is 1. The molecule has 0 aromatic heterocycles. The largest absolute Gasteiger partial charge is 0.496 e. The van der Waals surface area contributed by atoms with Crippen molar-refractivity contribution < 1.29 is 9.84 Å². The third kappa shape index (κ3) is 1.52. The summed E-state index contributed by atoms with van der Waals surface area (Å²) in [4.78, 5) is 0. The van der Waals surface area contributed by atoms with Gasteiger partial charge in [-0.05, 0) is 50.3 Å². The standard InChI is InChI=1S/C14H20O2/c1-9-7-10(2)12(13(16-4)11(9)3)14(8-15)5-6-14/h7,15H,5-6,8H2,1-4H3. The molecule has 0 bridgehead atoms. The number of aliphatic hydroxyl groups excluding tert-OH is 1. The smallest absolute Gasteiger partial charge is 0.126 e. The average molecular weight is 220 g/mol. The van der Waals surface area contributed by atoms with E-state index in [-0.39, 0.29) is 12.0 Å². The number of rotatable bonds is 3. The molecule has 0 unspecified atom stereocenters. The van der Waals surface area contributed by atoms with Crippen molar-refractivity contribution >= 4 is 0 Å². The highest BCUT2D eigenvalue weighted by Gasteiger charge is 2.46. The van der Waals surface area contributed by atoms with Crippen molar-refractivity contribution in [3.8, 4) is 5.75 Å². The minimum Gasteiger partial charge on any atom is -0.496 e. The lowest BCUT2D eigenvalue weighted by Gasteiger charge is -2.22. The Morgan fingerprint density at radius 2 is 1.88 bits per heavy atom. The topological polar surface area (TPSA) is 29.5 Å². The summed E-state index contributed by atoms with van der Waals surface area (Å²) in [5.41, 5.74) is 4.90. The second kappa shape index (κ2) is 3.77. The van der Waals surface area contributed by atoms with Gasteiger partial charge in [0.1, 0.15) is 5.75 Å². The van der Waals surface area contributed by atoms with Crippen LogP contribution < -0.4 is 4.74 Å². The zero-order valence-corrected chi connectivity index (χ0v) is 10.6. The van der Waals surface area contributed by atoms with E-state index in [1.807, 2.05) is 0 Å². The Labute approximate surface area is 97.3 Å². The summed E-state index contributed by atoms with van der Waals surface area (Å²) < 4.78 is 5.55. The predicted octanol–water partition coefficient (Wildman–Crippen LogP) is 2.64. The summed E-state index contributed by atoms with van der Waals surface area (Å²) >= 11 is 0. The molecule has 0 heterocycles. The highest BCUT2D eigenvalue weighted by Crippen LogP contribution is 2.53. The Morgan fingerprint density at radius 1 is 1.25 bits per heavy atom. The lowest BCUT2D eigenvalue weighted by molar-refractivity contribution is 0.251. The summed E-state index contributed by atoms with van der Waals surface area (Å²) in [6, 6.07) is 2.20. The maximum Gasteiger partial charge on any atom is 0.126 e. The van der Waals surface area contributed by atoms with E-state index < -0.39 is 0 Å². The molecule has 1 N–H and O–H groups in total. The fourth-order valence-corrected chi connectivity index (χ4v) is 2.60. The van der Waals surface area contributed by atoms with Crippen molar-refractivity contribution in [3.05, 3.63) is 28.3 Å². The molecule has 16 heavy (non-hydrogen) atoms. The van der Waals surface area contributed by atoms with Gasteiger partial charge >= 0.3 is 0 Å². The van der Waals surface area contributed by atoms with E-state index in [0.29, 0.717) is 0 Å². The SMILES string of the molecule is COc1c(C)c(C)cc(C)c1C1(CO)CC1. The first-order valence-electron chi connectivity index (χ1n) is 5.82. The molecule has 0 atom stereocenters. The number of hydrogen-bond donors (Lipinski definition) is 1. The Morgan fingerprint density at radius 3 is 2.31 bits per heavy atom. The van der Waals surface area contributed by atoms with Crippen LogP contribution in [-0.4, -0.2) is 18.8 Å². The van der Waals surface area contributed by atoms with E-state index in [1.165, 1.54) is 22.3 Å². The van der Waals surface area contributed by atoms with Gasteiger partial charge in [-0.1, -0.05) is 6.07 Å². The lowest BCUT2D eigenvalue weighted by Crippen LogP contribution is -2.16. The summed E-state index contributed by atoms with van der Waals surface area (Å²) in [6.07, 6.45) is 2.15. The van der Waals surface area contributed by atoms with Crippen LogP contribution in [0.15, 0.2) is 6.07 Å². The molecular weight excluding hydrogens is 200 g/mol. The second-order valence-corrected chi connectivity index (χ2v) is 4.98. The van der Waals surface area contributed by atoms with Crippen LogP contribution in [-0.2, 0) is 5.41 Å². The first kappa shape index (κ1) is 11.5. The highest BCUT2D eigenvalue weighted by atomic mass is 16.5. The van der Waals surface area contributed by atoms with Crippen LogP contribution in [0.5, 0.6) is 5.75 Å². The van der Waals surface area contributed by atoms with E-state index in [4.69, 9.17) is 4.74 Å². The van der Waals surface area contributed by atoms with Crippen LogP contribution in [0.2, 0.25) is 0 Å². The van der Waals surface area contributed by atoms with Gasteiger partial charge in [-0.2, -0.15) is 0 Å². The molecule has 0 amide bonds. The minimum absolute atomic E-state index is 0.0200. The molecule has 2 nitrogen and oxygen atoms in total. The van der Waals surface area contributed by atoms with Gasteiger partial charge in [-0.15, -0.1) is 0 Å². The molecule has 0 radical (unpaired) electrons. The van der Waals surface area contributed by atoms with Gasteiger partial charge in [0, 0.05) is 11.0 Å². The summed E-state index contributed by atoms with van der Waals surface area (Å²) in [5.74, 6) is 0.976. The maximum atomic E-state index is 9.56. The summed E-state index contributed by atoms with van der Waals surface area (Å²) in [7, 11) is 1.72. The number of benzene rings is 1. The predicted molar refractivity (Wildman–Crippen MR) is 65.2 cm³/mol. The summed E-state index contributed by atoms with van der Waals surface area (Å²) in [6.45, 7) is 6.53. The Hall–Kier alpha value is -1.02. The monoisotopic (exact) mass is 220 g/mol. The van der Waals surface area contributed by atoms with Crippen LogP contribution in [0.25, 0.3) is 0 Å². The van der Waals surface area contributed by atoms with E-state index in [0.717, 1.165) is 18.6 Å². The van der Waals surface area contributed by atoms with Gasteiger partial charge in [-0.25, -0.2) is 0 Å². The number of hydrogen-bond acceptors (Lipinski definition) is 2. The molecule has 1 aromatic rings. The van der Waals surface area contributed by atoms with Gasteiger partial charge < -0.3 is 9.84 Å². The Kier molecular flexibility index (Phi) is 2.70. The van der Waals surface area contributed by atoms with Gasteiger partial charge in [0.25, 0.3) is 0 Å². The molecular formula is C14H20O2. The normalized spacial score (nSPS) is 17.3. The molecule has 2 heteroatoms. The molecule has 0 aliphatic heterocycles. The molecule has 1 aliphatic rings. The van der Waals surface area contributed by atoms with Crippen molar-refractivity contribution in [2.24, 2.45) is 0 Å². The van der Waals surface area contributed by atoms with E-state index in [9.17, 15) is 5.11 Å². The lowest BCUT2D eigenvalue weighted by atomic mass is 9.88.